The number of hydrogen-bond donors (Lipinski definition) is 2. The molecule has 0 saturated carbocycles. The summed E-state index contributed by atoms with van der Waals surface area (Å²) in [4.78, 5) is 12.0. The molecule has 0 aliphatic carbocycles. The van der Waals surface area contributed by atoms with Crippen LogP contribution in [-0.4, -0.2) is 48.7 Å². The molecule has 83 valence electrons. The minimum absolute atomic E-state index is 0. The van der Waals surface area contributed by atoms with Gasteiger partial charge in [-0.15, -0.1) is 0 Å². The first kappa shape index (κ1) is 19.9. The van der Waals surface area contributed by atoms with Crippen LogP contribution in [0.15, 0.2) is 0 Å². The molecule has 0 aromatic carbocycles. The number of aliphatic hydroxyl groups is 1. The maximum absolute atomic E-state index is 10.3. The molecule has 0 aromatic rings. The zero-order chi connectivity index (χ0) is 10.7. The summed E-state index contributed by atoms with van der Waals surface area (Å²) in [7, 11) is 0. The molecule has 0 aromatic heterocycles. The molecule has 1 amide bonds. The largest absolute Gasteiger partial charge is 0.667 e. The number of nitrogens with two attached hydrogens (primary N) is 1. The number of carbonyl (C=O) groups is 1. The second-order valence-corrected chi connectivity index (χ2v) is 2.21. The smallest absolute Gasteiger partial charge is 0.0630 e. The van der Waals surface area contributed by atoms with E-state index in [-0.39, 0.29) is 45.9 Å². The van der Waals surface area contributed by atoms with Gasteiger partial charge in [0.25, 0.3) is 0 Å². The zero-order valence-electron chi connectivity index (χ0n) is 8.99. The standard InChI is InChI=1S/C6H15N3O2.C2H6.Y/c7-1-2-9(3-4-10)5-6(8)11;1-2;/h10H,1-5,7H2,(H2,8,11);1-2H3;/p-1. The van der Waals surface area contributed by atoms with Crippen molar-refractivity contribution in [3.05, 3.63) is 5.73 Å². The van der Waals surface area contributed by atoms with Gasteiger partial charge >= 0.3 is 0 Å². The summed E-state index contributed by atoms with van der Waals surface area (Å²) in [6.45, 7) is 5.44. The average Bonchev–Trinajstić information content (AvgIpc) is 2.08. The molecule has 5 nitrogen and oxygen atoms in total. The van der Waals surface area contributed by atoms with E-state index in [1.54, 1.807) is 4.90 Å². The van der Waals surface area contributed by atoms with Gasteiger partial charge in [0.05, 0.1) is 12.5 Å². The van der Waals surface area contributed by atoms with Crippen molar-refractivity contribution < 1.29 is 42.6 Å². The van der Waals surface area contributed by atoms with Crippen LogP contribution < -0.4 is 5.73 Å². The minimum Gasteiger partial charge on any atom is -0.667 e. The Kier molecular flexibility index (Phi) is 22.7. The Morgan fingerprint density at radius 3 is 2.21 bits per heavy atom. The molecule has 4 N–H and O–H groups in total. The van der Waals surface area contributed by atoms with Gasteiger partial charge in [-0.25, -0.2) is 0 Å². The number of nitrogens with zero attached hydrogens (tertiary/aromatic N) is 1. The van der Waals surface area contributed by atoms with Crippen molar-refractivity contribution in [3.63, 3.8) is 0 Å². The molecule has 0 rings (SSSR count). The van der Waals surface area contributed by atoms with Crippen LogP contribution in [0.4, 0.5) is 0 Å². The minimum atomic E-state index is -0.646. The van der Waals surface area contributed by atoms with Crippen molar-refractivity contribution in [2.75, 3.05) is 32.8 Å². The third-order valence-electron chi connectivity index (χ3n) is 1.23. The maximum Gasteiger partial charge on any atom is 0.0630 e. The maximum atomic E-state index is 10.3. The van der Waals surface area contributed by atoms with Crippen LogP contribution in [0, 0.1) is 0 Å². The van der Waals surface area contributed by atoms with E-state index in [1.807, 2.05) is 13.8 Å². The third-order valence-corrected chi connectivity index (χ3v) is 1.23. The summed E-state index contributed by atoms with van der Waals surface area (Å²) in [5, 5.41) is 8.52. The number of carbonyl (C=O) groups excluding carboxylic acids is 1. The van der Waals surface area contributed by atoms with Gasteiger partial charge in [-0.3, -0.25) is 4.90 Å². The fourth-order valence-electron chi connectivity index (χ4n) is 0.797. The van der Waals surface area contributed by atoms with Crippen LogP contribution in [-0.2, 0) is 37.5 Å². The number of hydrogen-bond acceptors (Lipinski definition) is 4. The van der Waals surface area contributed by atoms with E-state index >= 15 is 0 Å². The molecule has 6 heteroatoms. The van der Waals surface area contributed by atoms with E-state index in [9.17, 15) is 4.79 Å². The van der Waals surface area contributed by atoms with Crippen LogP contribution in [0.25, 0.3) is 5.73 Å². The van der Waals surface area contributed by atoms with Crippen molar-refractivity contribution in [1.82, 2.24) is 4.90 Å². The predicted octanol–water partition coefficient (Wildman–Crippen LogP) is -0.158. The van der Waals surface area contributed by atoms with Gasteiger partial charge in [0.2, 0.25) is 0 Å². The first-order valence-corrected chi connectivity index (χ1v) is 4.48. The van der Waals surface area contributed by atoms with Gasteiger partial charge < -0.3 is 21.4 Å². The Morgan fingerprint density at radius 2 is 1.93 bits per heavy atom. The molecule has 0 unspecified atom stereocenters. The normalized spacial score (nSPS) is 8.64. The van der Waals surface area contributed by atoms with Gasteiger partial charge in [-0.05, 0) is 0 Å². The Balaban J connectivity index is -0.000000376. The summed E-state index contributed by atoms with van der Waals surface area (Å²) in [6, 6.07) is 0. The van der Waals surface area contributed by atoms with Crippen LogP contribution >= 0.6 is 0 Å². The Labute approximate surface area is 111 Å². The summed E-state index contributed by atoms with van der Waals surface area (Å²) in [6.07, 6.45) is 0. The topological polar surface area (TPSA) is 90.4 Å². The van der Waals surface area contributed by atoms with Gasteiger partial charge in [-0.2, -0.15) is 0 Å². The van der Waals surface area contributed by atoms with Crippen LogP contribution in [0.3, 0.4) is 0 Å². The molecular weight excluding hydrogens is 259 g/mol. The number of nitrogens with one attached hydrogen (secondary N) is 1. The quantitative estimate of drug-likeness (QED) is 0.707. The predicted molar refractivity (Wildman–Crippen MR) is 53.3 cm³/mol. The number of aliphatic hydroxyl groups excluding tert-OH is 1. The van der Waals surface area contributed by atoms with Crippen molar-refractivity contribution in [3.8, 4) is 0 Å². The van der Waals surface area contributed by atoms with E-state index in [4.69, 9.17) is 16.6 Å². The SMILES string of the molecule is CC.[NH-]C(=O)CN(CCN)CCO.[Y]. The fourth-order valence-corrected chi connectivity index (χ4v) is 0.797. The summed E-state index contributed by atoms with van der Waals surface area (Å²) < 4.78 is 0. The number of rotatable bonds is 6. The van der Waals surface area contributed by atoms with Crippen LogP contribution in [0.1, 0.15) is 13.8 Å². The molecule has 0 saturated heterocycles. The molecule has 0 aliphatic rings. The summed E-state index contributed by atoms with van der Waals surface area (Å²) >= 11 is 0. The third kappa shape index (κ3) is 15.0. The van der Waals surface area contributed by atoms with Gasteiger partial charge in [-0.1, -0.05) is 13.8 Å². The Morgan fingerprint density at radius 1 is 1.43 bits per heavy atom. The first-order chi connectivity index (χ1) is 6.20. The van der Waals surface area contributed by atoms with E-state index < -0.39 is 5.91 Å². The zero-order valence-corrected chi connectivity index (χ0v) is 11.8. The van der Waals surface area contributed by atoms with E-state index in [2.05, 4.69) is 0 Å². The molecule has 0 heterocycles. The van der Waals surface area contributed by atoms with Crippen molar-refractivity contribution in [2.24, 2.45) is 5.73 Å². The second kappa shape index (κ2) is 15.9. The molecule has 0 spiro atoms. The number of amides is 1. The van der Waals surface area contributed by atoms with Crippen molar-refractivity contribution >= 4 is 5.91 Å². The Bertz CT molecular complexity index is 119. The molecule has 0 fully saturated rings. The average molecular weight is 279 g/mol. The molecule has 1 radical (unpaired) electrons. The summed E-state index contributed by atoms with van der Waals surface area (Å²) in [5.74, 6) is -0.646. The first-order valence-electron chi connectivity index (χ1n) is 4.48. The van der Waals surface area contributed by atoms with Gasteiger partial charge in [0.1, 0.15) is 0 Å². The van der Waals surface area contributed by atoms with E-state index in [0.717, 1.165) is 0 Å². The van der Waals surface area contributed by atoms with E-state index in [1.165, 1.54) is 0 Å². The van der Waals surface area contributed by atoms with Crippen molar-refractivity contribution in [2.45, 2.75) is 13.8 Å². The monoisotopic (exact) mass is 279 g/mol. The van der Waals surface area contributed by atoms with Gasteiger partial charge in [0.15, 0.2) is 0 Å². The van der Waals surface area contributed by atoms with Crippen molar-refractivity contribution in [1.29, 1.82) is 0 Å². The van der Waals surface area contributed by atoms with Gasteiger partial charge in [0, 0.05) is 58.9 Å². The molecule has 14 heavy (non-hydrogen) atoms. The van der Waals surface area contributed by atoms with Crippen LogP contribution in [0.5, 0.6) is 0 Å². The summed E-state index contributed by atoms with van der Waals surface area (Å²) in [5.41, 5.74) is 11.9. The molecule has 0 bridgehead atoms. The van der Waals surface area contributed by atoms with Crippen LogP contribution in [0.2, 0.25) is 0 Å². The molecular formula is C8H20N3O2Y-. The Hall–Kier alpha value is 0.454. The molecule has 0 aliphatic heterocycles. The van der Waals surface area contributed by atoms with E-state index in [0.29, 0.717) is 19.6 Å². The molecule has 0 atom stereocenters. The second-order valence-electron chi connectivity index (χ2n) is 2.21. The fraction of sp³-hybridized carbons (Fsp3) is 0.875.